The van der Waals surface area contributed by atoms with Gasteiger partial charge in [0.25, 0.3) is 0 Å². The number of hydrogen-bond acceptors (Lipinski definition) is 10. The van der Waals surface area contributed by atoms with Gasteiger partial charge in [0.2, 0.25) is 12.7 Å². The number of amides is 1. The fourth-order valence-electron chi connectivity index (χ4n) is 1.94. The van der Waals surface area contributed by atoms with Crippen LogP contribution >= 0.6 is 0 Å². The molecule has 0 atom stereocenters. The van der Waals surface area contributed by atoms with Crippen LogP contribution in [0, 0.1) is 0 Å². The molecule has 0 fully saturated rings. The van der Waals surface area contributed by atoms with Crippen molar-refractivity contribution < 1.29 is 131 Å². The predicted molar refractivity (Wildman–Crippen MR) is 120 cm³/mol. The van der Waals surface area contributed by atoms with Gasteiger partial charge in [-0.2, -0.15) is 83.4 Å². The number of alkyl halides is 19. The molecule has 0 bridgehead atoms. The van der Waals surface area contributed by atoms with E-state index in [1.165, 1.54) is 4.74 Å². The summed E-state index contributed by atoms with van der Waals surface area (Å²) in [5.41, 5.74) is 0. The minimum absolute atomic E-state index is 0.184. The molecule has 30 heteroatoms. The fraction of sp³-hybridized carbons (Fsp3) is 0.762. The van der Waals surface area contributed by atoms with Crippen molar-refractivity contribution in [2.45, 2.75) is 60.8 Å². The first kappa shape index (κ1) is 52.1. The van der Waals surface area contributed by atoms with Crippen LogP contribution in [0.1, 0.15) is 0 Å². The van der Waals surface area contributed by atoms with Crippen LogP contribution in [0.25, 0.3) is 0 Å². The van der Waals surface area contributed by atoms with Crippen LogP contribution in [0.15, 0.2) is 12.7 Å². The number of ether oxygens (including phenoxy) is 6. The number of rotatable bonds is 20. The molecule has 0 aliphatic rings. The lowest BCUT2D eigenvalue weighted by Gasteiger charge is -2.37. The van der Waals surface area contributed by atoms with E-state index in [0.717, 1.165) is 10.8 Å². The van der Waals surface area contributed by atoms with E-state index < -0.39 is 73.0 Å². The van der Waals surface area contributed by atoms with Crippen molar-refractivity contribution in [3.8, 4) is 0 Å². The largest absolute Gasteiger partial charge is 0.461 e. The summed E-state index contributed by atoms with van der Waals surface area (Å²) in [5, 5.41) is 11.1. The maximum Gasteiger partial charge on any atom is 0.460 e. The van der Waals surface area contributed by atoms with Gasteiger partial charge in [0.05, 0.1) is 19.8 Å². The van der Waals surface area contributed by atoms with E-state index in [1.807, 2.05) is 0 Å². The molecule has 0 aromatic rings. The Bertz CT molecular complexity index is 1080. The van der Waals surface area contributed by atoms with Crippen LogP contribution in [-0.2, 0) is 42.8 Å². The van der Waals surface area contributed by atoms with E-state index in [-0.39, 0.29) is 6.61 Å². The van der Waals surface area contributed by atoms with E-state index >= 15 is 0 Å². The molecule has 0 unspecified atom stereocenters. The summed E-state index contributed by atoms with van der Waals surface area (Å²) < 4.78 is 257. The topological polar surface area (TPSA) is 139 Å². The first-order valence-corrected chi connectivity index (χ1v) is 11.8. The monoisotopic (exact) mass is 809 g/mol. The molecular formula is C21H22F19NO10. The second-order valence-corrected chi connectivity index (χ2v) is 8.22. The number of carbonyl (C=O) groups is 3. The zero-order valence-corrected chi connectivity index (χ0v) is 24.6. The van der Waals surface area contributed by atoms with Crippen LogP contribution in [0.3, 0.4) is 0 Å². The van der Waals surface area contributed by atoms with Crippen LogP contribution < -0.4 is 5.32 Å². The third-order valence-corrected chi connectivity index (χ3v) is 4.17. The van der Waals surface area contributed by atoms with Crippen molar-refractivity contribution in [1.82, 2.24) is 5.32 Å². The Kier molecular flexibility index (Phi) is 20.0. The molecule has 51 heavy (non-hydrogen) atoms. The van der Waals surface area contributed by atoms with Gasteiger partial charge in [0.15, 0.2) is 0 Å². The molecule has 0 aliphatic heterocycles. The van der Waals surface area contributed by atoms with Gasteiger partial charge < -0.3 is 24.6 Å². The maximum absolute atomic E-state index is 13.0. The molecule has 0 rings (SSSR count). The average Bonchev–Trinajstić information content (AvgIpc) is 2.93. The minimum Gasteiger partial charge on any atom is -0.461 e. The standard InChI is InChI=1S/C10HF19O4.C6H9NO3.C5H12O3/c11-2(12,1-30)31-7(22,23)8(24,25)33-10(28,29)9(26,27)32-6(20,21)4(15,16)3(13,14)5(17,18)19;1-2-6(9)10-4-3-7-5-8;1-7-3-5(6)4-8-2/h1H;2,5H,1,3-4H2,(H,7,8);5-6H,3-4H2,1-2H3. The van der Waals surface area contributed by atoms with Gasteiger partial charge in [0, 0.05) is 20.3 Å². The highest BCUT2D eigenvalue weighted by Crippen LogP contribution is 2.56. The number of methoxy groups -OCH3 is 2. The smallest absolute Gasteiger partial charge is 0.460 e. The van der Waals surface area contributed by atoms with E-state index in [0.29, 0.717) is 26.2 Å². The van der Waals surface area contributed by atoms with E-state index in [9.17, 15) is 97.8 Å². The summed E-state index contributed by atoms with van der Waals surface area (Å²) in [6.45, 7) is 4.40. The molecule has 2 N–H and O–H groups in total. The first-order valence-electron chi connectivity index (χ1n) is 11.8. The van der Waals surface area contributed by atoms with Crippen molar-refractivity contribution in [2.24, 2.45) is 0 Å². The molecule has 0 saturated heterocycles. The average molecular weight is 809 g/mol. The molecule has 0 heterocycles. The van der Waals surface area contributed by atoms with Crippen molar-refractivity contribution in [1.29, 1.82) is 0 Å². The predicted octanol–water partition coefficient (Wildman–Crippen LogP) is 4.73. The number of esters is 1. The Balaban J connectivity index is -0.00000104. The molecule has 11 nitrogen and oxygen atoms in total. The number of nitrogens with one attached hydrogen (secondary N) is 1. The number of aldehydes is 1. The van der Waals surface area contributed by atoms with Crippen LogP contribution in [0.2, 0.25) is 0 Å². The maximum atomic E-state index is 13.0. The Labute approximate surface area is 270 Å². The summed E-state index contributed by atoms with van der Waals surface area (Å²) >= 11 is 0. The van der Waals surface area contributed by atoms with Crippen LogP contribution in [0.4, 0.5) is 83.4 Å². The summed E-state index contributed by atoms with van der Waals surface area (Å²) in [6, 6.07) is 0. The molecule has 1 amide bonds. The molecular weight excluding hydrogens is 787 g/mol. The summed E-state index contributed by atoms with van der Waals surface area (Å²) in [5.74, 6) is -16.7. The van der Waals surface area contributed by atoms with E-state index in [4.69, 9.17) is 5.11 Å². The number of aliphatic hydroxyl groups is 1. The number of aliphatic hydroxyl groups excluding tert-OH is 1. The summed E-state index contributed by atoms with van der Waals surface area (Å²) in [7, 11) is 3.08. The van der Waals surface area contributed by atoms with Gasteiger partial charge in [-0.25, -0.2) is 19.0 Å². The van der Waals surface area contributed by atoms with Gasteiger partial charge >= 0.3 is 60.6 Å². The normalized spacial score (nSPS) is 13.7. The van der Waals surface area contributed by atoms with Crippen LogP contribution in [-0.4, -0.2) is 125 Å². The Morgan fingerprint density at radius 1 is 0.667 bits per heavy atom. The summed E-state index contributed by atoms with van der Waals surface area (Å²) in [4.78, 5) is 29.6. The quantitative estimate of drug-likeness (QED) is 0.0584. The second-order valence-electron chi connectivity index (χ2n) is 8.22. The van der Waals surface area contributed by atoms with E-state index in [1.54, 1.807) is 19.0 Å². The Morgan fingerprint density at radius 2 is 1.04 bits per heavy atom. The Morgan fingerprint density at radius 3 is 1.35 bits per heavy atom. The van der Waals surface area contributed by atoms with E-state index in [2.05, 4.69) is 26.1 Å². The van der Waals surface area contributed by atoms with Gasteiger partial charge in [-0.15, -0.1) is 0 Å². The zero-order valence-electron chi connectivity index (χ0n) is 24.6. The lowest BCUT2D eigenvalue weighted by atomic mass is 10.1. The summed E-state index contributed by atoms with van der Waals surface area (Å²) in [6.07, 6.45) is -52.9. The lowest BCUT2D eigenvalue weighted by molar-refractivity contribution is -0.567. The minimum atomic E-state index is -8.18. The molecule has 0 aromatic heterocycles. The molecule has 0 radical (unpaired) electrons. The number of halogens is 19. The van der Waals surface area contributed by atoms with Gasteiger partial charge in [-0.3, -0.25) is 9.59 Å². The molecule has 0 aromatic carbocycles. The molecule has 304 valence electrons. The highest BCUT2D eigenvalue weighted by Gasteiger charge is 2.85. The molecule has 0 aliphatic carbocycles. The third-order valence-electron chi connectivity index (χ3n) is 4.17. The van der Waals surface area contributed by atoms with Gasteiger partial charge in [-0.05, 0) is 0 Å². The highest BCUT2D eigenvalue weighted by atomic mass is 19.4. The van der Waals surface area contributed by atoms with Gasteiger partial charge in [0.1, 0.15) is 12.7 Å². The number of carbonyl (C=O) groups excluding carboxylic acids is 3. The second kappa shape index (κ2) is 19.6. The van der Waals surface area contributed by atoms with Crippen molar-refractivity contribution in [2.75, 3.05) is 40.6 Å². The van der Waals surface area contributed by atoms with Crippen molar-refractivity contribution >= 4 is 18.7 Å². The Hall–Kier alpha value is -3.22. The van der Waals surface area contributed by atoms with Crippen LogP contribution in [0.5, 0.6) is 0 Å². The van der Waals surface area contributed by atoms with Gasteiger partial charge in [-0.1, -0.05) is 6.58 Å². The molecule has 0 spiro atoms. The number of hydrogen-bond donors (Lipinski definition) is 2. The zero-order chi connectivity index (χ0) is 41.6. The third kappa shape index (κ3) is 15.9. The molecule has 0 saturated carbocycles. The fourth-order valence-corrected chi connectivity index (χ4v) is 1.94. The first-order chi connectivity index (χ1) is 22.5. The SMILES string of the molecule is C=CC(=O)OCCNC=O.COCC(O)COC.O=CC(F)(F)OC(F)(F)C(F)(F)OC(F)(F)C(F)(F)OC(F)(F)C(F)(F)C(F)(F)C(F)(F)F. The van der Waals surface area contributed by atoms with Crippen molar-refractivity contribution in [3.63, 3.8) is 0 Å². The lowest BCUT2D eigenvalue weighted by Crippen LogP contribution is -2.65. The van der Waals surface area contributed by atoms with Crippen molar-refractivity contribution in [3.05, 3.63) is 12.7 Å². The highest BCUT2D eigenvalue weighted by molar-refractivity contribution is 5.81.